The lowest BCUT2D eigenvalue weighted by molar-refractivity contribution is -0.183. The number of anilines is 2. The molecule has 0 radical (unpaired) electrons. The number of hydrogen-bond acceptors (Lipinski definition) is 17. The van der Waals surface area contributed by atoms with Crippen molar-refractivity contribution in [2.75, 3.05) is 31.3 Å². The van der Waals surface area contributed by atoms with Crippen molar-refractivity contribution in [2.45, 2.75) is 53.4 Å². The molecule has 7 N–H and O–H groups in total. The molecule has 7 rings (SSSR count). The number of nitrogens with one attached hydrogen (secondary N) is 1. The number of ether oxygens (including phenoxy) is 2. The van der Waals surface area contributed by atoms with Crippen molar-refractivity contribution in [1.29, 1.82) is 0 Å². The van der Waals surface area contributed by atoms with Crippen LogP contribution in [0.1, 0.15) is 18.0 Å². The second kappa shape index (κ2) is 12.5. The van der Waals surface area contributed by atoms with Gasteiger partial charge in [0.25, 0.3) is 5.56 Å². The highest BCUT2D eigenvalue weighted by molar-refractivity contribution is 8.39. The van der Waals surface area contributed by atoms with Gasteiger partial charge in [-0.15, -0.1) is 16.3 Å². The highest BCUT2D eigenvalue weighted by Crippen LogP contribution is 2.57. The van der Waals surface area contributed by atoms with E-state index in [-0.39, 0.29) is 42.6 Å². The monoisotopic (exact) mass is 751 g/mol. The van der Waals surface area contributed by atoms with E-state index in [2.05, 4.69) is 42.2 Å². The molecule has 2 unspecified atom stereocenters. The fourth-order valence-corrected chi connectivity index (χ4v) is 9.80. The summed E-state index contributed by atoms with van der Waals surface area (Å²) in [7, 11) is -2.46. The van der Waals surface area contributed by atoms with E-state index in [1.165, 1.54) is 23.5 Å². The molecule has 0 saturated carbocycles. The summed E-state index contributed by atoms with van der Waals surface area (Å²) in [6.45, 7) is -5.21. The minimum absolute atomic E-state index is 0.0459. The van der Waals surface area contributed by atoms with Crippen LogP contribution in [0.2, 0.25) is 0 Å². The zero-order valence-electron chi connectivity index (χ0n) is 23.7. The van der Waals surface area contributed by atoms with Gasteiger partial charge in [-0.05, 0) is 22.8 Å². The maximum Gasteiger partial charge on any atom is 0.582 e. The van der Waals surface area contributed by atoms with Gasteiger partial charge < -0.3 is 35.5 Å². The van der Waals surface area contributed by atoms with Crippen molar-refractivity contribution in [3.8, 4) is 0 Å². The molecule has 25 heteroatoms. The summed E-state index contributed by atoms with van der Waals surface area (Å²) in [6.07, 6.45) is -1.96. The minimum Gasteiger partial charge on any atom is -0.396 e. The number of imidazole rings is 2. The first-order chi connectivity index (χ1) is 22.4. The van der Waals surface area contributed by atoms with Crippen molar-refractivity contribution >= 4 is 83.9 Å². The molecule has 0 aliphatic carbocycles. The third kappa shape index (κ3) is 5.85. The fraction of sp³-hybridized carbons (Fsp3) is 0.545. The first-order valence-electron chi connectivity index (χ1n) is 13.7. The number of hydrogen-bond donors (Lipinski definition) is 6. The van der Waals surface area contributed by atoms with Crippen molar-refractivity contribution in [1.82, 2.24) is 39.0 Å². The van der Waals surface area contributed by atoms with Gasteiger partial charge >= 0.3 is 13.9 Å². The number of thioether (sulfide) groups is 1. The minimum atomic E-state index is -4.29. The van der Waals surface area contributed by atoms with Gasteiger partial charge in [0.05, 0.1) is 25.9 Å². The Bertz CT molecular complexity index is 1970. The van der Waals surface area contributed by atoms with Crippen LogP contribution in [0.5, 0.6) is 0 Å². The lowest BCUT2D eigenvalue weighted by Crippen LogP contribution is -2.45. The predicted molar refractivity (Wildman–Crippen MR) is 171 cm³/mol. The highest BCUT2D eigenvalue weighted by atomic mass is 32.7. The summed E-state index contributed by atoms with van der Waals surface area (Å²) in [5.41, 5.74) is 10.3. The van der Waals surface area contributed by atoms with Crippen LogP contribution in [0.25, 0.3) is 22.3 Å². The van der Waals surface area contributed by atoms with E-state index in [9.17, 15) is 19.4 Å². The molecule has 3 aliphatic rings. The summed E-state index contributed by atoms with van der Waals surface area (Å²) >= 11 is 10.3. The van der Waals surface area contributed by atoms with Gasteiger partial charge in [-0.2, -0.15) is 4.98 Å². The van der Waals surface area contributed by atoms with Gasteiger partial charge in [0.2, 0.25) is 5.95 Å². The zero-order chi connectivity index (χ0) is 33.2. The average Bonchev–Trinajstić information content (AvgIpc) is 3.82. The number of nitrogen functional groups attached to an aromatic ring is 2. The van der Waals surface area contributed by atoms with Gasteiger partial charge in [0.1, 0.15) is 47.8 Å². The van der Waals surface area contributed by atoms with Crippen LogP contribution in [-0.2, 0) is 39.4 Å². The van der Waals surface area contributed by atoms with E-state index in [4.69, 9.17) is 46.3 Å². The summed E-state index contributed by atoms with van der Waals surface area (Å²) in [5, 5.41) is 7.82. The van der Waals surface area contributed by atoms with Crippen LogP contribution in [-0.4, -0.2) is 104 Å². The highest BCUT2D eigenvalue weighted by Gasteiger charge is 2.66. The van der Waals surface area contributed by atoms with Crippen molar-refractivity contribution in [2.24, 2.45) is 0 Å². The van der Waals surface area contributed by atoms with E-state index >= 15 is 4.39 Å². The molecular weight excluding hydrogens is 725 g/mol. The number of nitrogens with two attached hydrogens (primary N) is 2. The number of H-pyrrole nitrogens is 1. The molecule has 3 saturated heterocycles. The number of aliphatic hydroxyl groups is 1. The molecule has 0 spiro atoms. The smallest absolute Gasteiger partial charge is 0.396 e. The molecule has 4 aromatic rings. The van der Waals surface area contributed by atoms with E-state index in [0.717, 1.165) is 11.8 Å². The first kappa shape index (κ1) is 33.1. The lowest BCUT2D eigenvalue weighted by Gasteiger charge is -2.32. The van der Waals surface area contributed by atoms with Crippen molar-refractivity contribution in [3.63, 3.8) is 0 Å². The normalized spacial score (nSPS) is 32.0. The molecule has 252 valence electrons. The lowest BCUT2D eigenvalue weighted by atomic mass is 10.0. The Hall–Kier alpha value is -2.40. The second-order valence-electron chi connectivity index (χ2n) is 10.8. The van der Waals surface area contributed by atoms with Gasteiger partial charge in [-0.3, -0.25) is 23.4 Å². The maximum absolute atomic E-state index is 15.9. The molecule has 4 aromatic heterocycles. The molecule has 47 heavy (non-hydrogen) atoms. The molecule has 7 heterocycles. The first-order valence-corrected chi connectivity index (χ1v) is 19.6. The molecule has 3 aliphatic heterocycles. The van der Waals surface area contributed by atoms with E-state index in [1.807, 2.05) is 0 Å². The zero-order valence-corrected chi connectivity index (χ0v) is 28.0. The Morgan fingerprint density at radius 3 is 2.79 bits per heavy atom. The third-order valence-electron chi connectivity index (χ3n) is 7.97. The van der Waals surface area contributed by atoms with E-state index in [0.29, 0.717) is 11.2 Å². The number of alkyl halides is 1. The van der Waals surface area contributed by atoms with Crippen LogP contribution in [0.15, 0.2) is 23.8 Å². The number of fused-ring (bicyclic) bond motifs is 4. The average molecular weight is 752 g/mol. The Labute approximate surface area is 278 Å². The van der Waals surface area contributed by atoms with Crippen LogP contribution in [0.4, 0.5) is 16.2 Å². The van der Waals surface area contributed by atoms with Crippen LogP contribution >= 0.6 is 38.0 Å². The maximum atomic E-state index is 15.9. The van der Waals surface area contributed by atoms with E-state index in [1.54, 1.807) is 4.57 Å². The fourth-order valence-electron chi connectivity index (χ4n) is 5.92. The number of halogens is 1. The van der Waals surface area contributed by atoms with Crippen LogP contribution in [0.3, 0.4) is 0 Å². The topological polar surface area (TPSA) is 263 Å². The Kier molecular flexibility index (Phi) is 8.80. The van der Waals surface area contributed by atoms with Gasteiger partial charge in [-0.1, -0.05) is 0 Å². The molecule has 2 bridgehead atoms. The standard InChI is InChI=1S/C22H25FN10O9P2S3/c23-9-8(1-2-34)47-20(33-7-29-11-17(33)30-21(25)31-18(11)35)12(9)42-44(37,46)39-4-22-3-38-13(14(22)41-43(36)45)19(40-22)32-6-28-10-15(24)26-5-27-16(10)32/h5-9,12-14,19-20,34H,1-4H2,(H6-,24,25,26,27,30,31,35,36,37,45,46)/p+1/t8-,9+,12-,13-,14+,19-,20-,22-,44?/m1/s1. The molecule has 19 nitrogen and oxygen atoms in total. The number of aliphatic hydroxyl groups excluding tert-OH is 1. The Morgan fingerprint density at radius 2 is 2.02 bits per heavy atom. The third-order valence-corrected chi connectivity index (χ3v) is 11.8. The Morgan fingerprint density at radius 1 is 1.26 bits per heavy atom. The van der Waals surface area contributed by atoms with Gasteiger partial charge in [0.15, 0.2) is 40.6 Å². The quantitative estimate of drug-likeness (QED) is 0.0911. The van der Waals surface area contributed by atoms with Gasteiger partial charge in [0, 0.05) is 11.9 Å². The molecule has 10 atom stereocenters. The molecule has 0 amide bonds. The van der Waals surface area contributed by atoms with Crippen LogP contribution < -0.4 is 17.0 Å². The number of rotatable bonds is 11. The van der Waals surface area contributed by atoms with Crippen molar-refractivity contribution < 1.29 is 42.0 Å². The number of aromatic nitrogens is 8. The number of nitrogens with zero attached hydrogens (tertiary/aromatic N) is 7. The van der Waals surface area contributed by atoms with Crippen molar-refractivity contribution in [3.05, 3.63) is 29.3 Å². The summed E-state index contributed by atoms with van der Waals surface area (Å²) in [5.74, 6) is -0.0414. The molecule has 3 fully saturated rings. The van der Waals surface area contributed by atoms with Crippen LogP contribution in [0, 0.1) is 0 Å². The van der Waals surface area contributed by atoms with E-state index < -0.39 is 73.1 Å². The summed E-state index contributed by atoms with van der Waals surface area (Å²) in [4.78, 5) is 46.6. The summed E-state index contributed by atoms with van der Waals surface area (Å²) in [6, 6.07) is 0. The molecule has 0 aromatic carbocycles. The second-order valence-corrected chi connectivity index (χ2v) is 16.6. The Balaban J connectivity index is 1.15. The molecular formula is C22H26FN10O9P2S3+. The van der Waals surface area contributed by atoms with Gasteiger partial charge in [-0.25, -0.2) is 24.3 Å². The SMILES string of the molecule is Nc1nc2c(ncn2[C@@H]2S[C@H](CCO)[C@H](F)[C@H]2OP(O)(=S)OC[C@@]23CO[C@@H]([C@H](n4cnc5c(N)ncnc54)O2)[C@@H]3O[P+](=O)S)c(=O)[nH]1. The number of aromatic amines is 1. The number of thiol groups is 1. The largest absolute Gasteiger partial charge is 0.582 e. The summed E-state index contributed by atoms with van der Waals surface area (Å²) < 4.78 is 60.5. The predicted octanol–water partition coefficient (Wildman–Crippen LogP) is 0.716.